The minimum atomic E-state index is -3.74. The van der Waals surface area contributed by atoms with Crippen molar-refractivity contribution in [2.45, 2.75) is 16.7 Å². The number of sulfone groups is 1. The van der Waals surface area contributed by atoms with Crippen molar-refractivity contribution in [3.05, 3.63) is 188 Å². The highest BCUT2D eigenvalue weighted by Crippen LogP contribution is 2.35. The van der Waals surface area contributed by atoms with Crippen molar-refractivity contribution in [1.29, 1.82) is 0 Å². The van der Waals surface area contributed by atoms with E-state index in [0.717, 1.165) is 33.1 Å². The van der Waals surface area contributed by atoms with Crippen molar-refractivity contribution in [2.75, 3.05) is 0 Å². The van der Waals surface area contributed by atoms with E-state index < -0.39 is 17.9 Å². The van der Waals surface area contributed by atoms with Crippen LogP contribution >= 0.6 is 0 Å². The molecule has 0 aliphatic heterocycles. The van der Waals surface area contributed by atoms with Crippen molar-refractivity contribution in [1.82, 2.24) is 4.57 Å². The van der Waals surface area contributed by atoms with Gasteiger partial charge in [0.05, 0.1) is 20.8 Å². The molecule has 0 saturated carbocycles. The van der Waals surface area contributed by atoms with Crippen LogP contribution in [-0.2, 0) is 9.84 Å². The van der Waals surface area contributed by atoms with Gasteiger partial charge in [-0.25, -0.2) is 8.42 Å². The van der Waals surface area contributed by atoms with Crippen molar-refractivity contribution in [3.8, 4) is 5.69 Å². The quantitative estimate of drug-likeness (QED) is 0.134. The minimum Gasteiger partial charge on any atom is -0.309 e. The molecule has 48 heavy (non-hydrogen) atoms. The highest BCUT2D eigenvalue weighted by Gasteiger charge is 2.41. The molecular formula is C43H33NO2SSi. The molecule has 0 N–H and O–H groups in total. The Bertz CT molecular complexity index is 2400. The van der Waals surface area contributed by atoms with Gasteiger partial charge in [0.25, 0.3) is 0 Å². The van der Waals surface area contributed by atoms with Gasteiger partial charge in [-0.2, -0.15) is 0 Å². The van der Waals surface area contributed by atoms with Crippen LogP contribution in [0.25, 0.3) is 27.5 Å². The van der Waals surface area contributed by atoms with Gasteiger partial charge in [0.2, 0.25) is 9.84 Å². The van der Waals surface area contributed by atoms with Crippen LogP contribution in [0.4, 0.5) is 0 Å². The summed E-state index contributed by atoms with van der Waals surface area (Å²) in [5.74, 6) is 0. The molecule has 0 spiro atoms. The van der Waals surface area contributed by atoms with E-state index in [1.165, 1.54) is 20.7 Å². The predicted octanol–water partition coefficient (Wildman–Crippen LogP) is 7.30. The minimum absolute atomic E-state index is 0.286. The maximum absolute atomic E-state index is 14.0. The van der Waals surface area contributed by atoms with Gasteiger partial charge in [-0.15, -0.1) is 0 Å². The molecule has 0 aliphatic carbocycles. The fourth-order valence-corrected chi connectivity index (χ4v) is 13.2. The lowest BCUT2D eigenvalue weighted by Crippen LogP contribution is -2.74. The Kier molecular flexibility index (Phi) is 7.44. The molecule has 3 nitrogen and oxygen atoms in total. The number of hydrogen-bond donors (Lipinski definition) is 0. The van der Waals surface area contributed by atoms with Crippen LogP contribution in [-0.4, -0.2) is 21.1 Å². The van der Waals surface area contributed by atoms with Crippen LogP contribution in [0.2, 0.25) is 0 Å². The summed E-state index contributed by atoms with van der Waals surface area (Å²) in [4.78, 5) is 0.581. The maximum atomic E-state index is 14.0. The first kappa shape index (κ1) is 29.9. The summed E-state index contributed by atoms with van der Waals surface area (Å²) in [6.45, 7) is 1.96. The third-order valence-electron chi connectivity index (χ3n) is 9.45. The first-order valence-electron chi connectivity index (χ1n) is 16.1. The van der Waals surface area contributed by atoms with Crippen LogP contribution in [0, 0.1) is 6.92 Å². The zero-order valence-corrected chi connectivity index (χ0v) is 28.3. The van der Waals surface area contributed by atoms with E-state index in [9.17, 15) is 8.42 Å². The first-order valence-corrected chi connectivity index (χ1v) is 19.6. The number of benzene rings is 7. The van der Waals surface area contributed by atoms with Gasteiger partial charge in [-0.1, -0.05) is 139 Å². The molecule has 7 aromatic carbocycles. The number of rotatable bonds is 7. The van der Waals surface area contributed by atoms with Crippen LogP contribution in [0.15, 0.2) is 192 Å². The smallest absolute Gasteiger partial charge is 0.206 e. The van der Waals surface area contributed by atoms with Gasteiger partial charge in [-0.3, -0.25) is 0 Å². The second kappa shape index (κ2) is 11.9. The molecule has 5 heteroatoms. The Labute approximate surface area is 282 Å². The standard InChI is InChI=1S/C43H33NO2SSi/c1-32-22-24-34(25-23-32)47(45,46)35-26-28-42-40(30-35)41-31-39(27-29-43(41)44(42)33-14-6-2-7-15-33)48(36-16-8-3-9-17-36,37-18-10-4-11-19-37)38-20-12-5-13-21-38/h2-31H,1H3. The number of para-hydroxylation sites is 1. The average Bonchev–Trinajstić information content (AvgIpc) is 3.47. The molecule has 0 atom stereocenters. The fraction of sp³-hybridized carbons (Fsp3) is 0.0233. The van der Waals surface area contributed by atoms with Gasteiger partial charge < -0.3 is 4.57 Å². The normalized spacial score (nSPS) is 12.0. The van der Waals surface area contributed by atoms with Crippen molar-refractivity contribution >= 4 is 60.5 Å². The fourth-order valence-electron chi connectivity index (χ4n) is 7.18. The molecule has 0 fully saturated rings. The summed E-state index contributed by atoms with van der Waals surface area (Å²) in [6, 6.07) is 62.4. The summed E-state index contributed by atoms with van der Waals surface area (Å²) >= 11 is 0. The molecule has 232 valence electrons. The highest BCUT2D eigenvalue weighted by atomic mass is 32.2. The second-order valence-corrected chi connectivity index (χ2v) is 18.0. The Balaban J connectivity index is 1.47. The molecule has 0 aliphatic rings. The zero-order chi connectivity index (χ0) is 32.7. The molecule has 0 bridgehead atoms. The van der Waals surface area contributed by atoms with Crippen molar-refractivity contribution in [2.24, 2.45) is 0 Å². The predicted molar refractivity (Wildman–Crippen MR) is 201 cm³/mol. The number of fused-ring (bicyclic) bond motifs is 3. The number of aryl methyl sites for hydroxylation is 1. The molecular weight excluding hydrogens is 623 g/mol. The SMILES string of the molecule is Cc1ccc(S(=O)(=O)c2ccc3c(c2)c2cc([Si](c4ccccc4)(c4ccccc4)c4ccccc4)ccc2n3-c2ccccc2)cc1. The molecule has 0 saturated heterocycles. The zero-order valence-electron chi connectivity index (χ0n) is 26.5. The molecule has 8 aromatic rings. The van der Waals surface area contributed by atoms with Gasteiger partial charge in [0.1, 0.15) is 0 Å². The molecule has 1 heterocycles. The lowest BCUT2D eigenvalue weighted by Gasteiger charge is -2.34. The third-order valence-corrected chi connectivity index (χ3v) is 16.0. The summed E-state index contributed by atoms with van der Waals surface area (Å²) in [5, 5.41) is 7.02. The Morgan fingerprint density at radius 3 is 1.40 bits per heavy atom. The Morgan fingerprint density at radius 2 is 0.875 bits per heavy atom. The van der Waals surface area contributed by atoms with E-state index in [-0.39, 0.29) is 4.90 Å². The van der Waals surface area contributed by atoms with Crippen LogP contribution in [0.5, 0.6) is 0 Å². The molecule has 0 radical (unpaired) electrons. The van der Waals surface area contributed by atoms with Crippen LogP contribution < -0.4 is 20.7 Å². The highest BCUT2D eigenvalue weighted by molar-refractivity contribution is 7.91. The lowest BCUT2D eigenvalue weighted by molar-refractivity contribution is 0.596. The van der Waals surface area contributed by atoms with E-state index in [2.05, 4.69) is 126 Å². The first-order chi connectivity index (χ1) is 23.5. The van der Waals surface area contributed by atoms with E-state index in [4.69, 9.17) is 0 Å². The Morgan fingerprint density at radius 1 is 0.438 bits per heavy atom. The topological polar surface area (TPSA) is 39.1 Å². The van der Waals surface area contributed by atoms with Crippen molar-refractivity contribution < 1.29 is 8.42 Å². The summed E-state index contributed by atoms with van der Waals surface area (Å²) < 4.78 is 30.2. The van der Waals surface area contributed by atoms with E-state index in [0.29, 0.717) is 4.90 Å². The molecule has 8 rings (SSSR count). The van der Waals surface area contributed by atoms with Gasteiger partial charge >= 0.3 is 0 Å². The van der Waals surface area contributed by atoms with Gasteiger partial charge in [0.15, 0.2) is 8.07 Å². The summed E-state index contributed by atoms with van der Waals surface area (Å²) in [7, 11) is -6.55. The second-order valence-electron chi connectivity index (χ2n) is 12.2. The summed E-state index contributed by atoms with van der Waals surface area (Å²) in [5.41, 5.74) is 4.03. The average molecular weight is 656 g/mol. The van der Waals surface area contributed by atoms with Gasteiger partial charge in [0, 0.05) is 16.5 Å². The molecule has 0 unspecified atom stereocenters. The number of aromatic nitrogens is 1. The van der Waals surface area contributed by atoms with E-state index in [1.54, 1.807) is 18.2 Å². The number of hydrogen-bond acceptors (Lipinski definition) is 2. The lowest BCUT2D eigenvalue weighted by atomic mass is 10.1. The molecule has 0 amide bonds. The van der Waals surface area contributed by atoms with Crippen LogP contribution in [0.3, 0.4) is 0 Å². The molecule has 1 aromatic heterocycles. The van der Waals surface area contributed by atoms with Crippen LogP contribution in [0.1, 0.15) is 5.56 Å². The van der Waals surface area contributed by atoms with E-state index in [1.807, 2.05) is 49.4 Å². The monoisotopic (exact) mass is 655 g/mol. The third kappa shape index (κ3) is 4.82. The van der Waals surface area contributed by atoms with Crippen molar-refractivity contribution in [3.63, 3.8) is 0 Å². The van der Waals surface area contributed by atoms with E-state index >= 15 is 0 Å². The maximum Gasteiger partial charge on any atom is 0.206 e. The largest absolute Gasteiger partial charge is 0.309 e. The summed E-state index contributed by atoms with van der Waals surface area (Å²) in [6.07, 6.45) is 0. The Hall–Kier alpha value is -5.49. The van der Waals surface area contributed by atoms with Gasteiger partial charge in [-0.05, 0) is 76.2 Å². The number of nitrogens with zero attached hydrogens (tertiary/aromatic N) is 1.